The smallest absolute Gasteiger partial charge is 0.238 e. The van der Waals surface area contributed by atoms with Crippen LogP contribution in [-0.4, -0.2) is 29.3 Å². The molecule has 0 aliphatic carbocycles. The highest BCUT2D eigenvalue weighted by atomic mass is 16.1. The van der Waals surface area contributed by atoms with Crippen LogP contribution in [0.4, 0.5) is 11.5 Å². The fourth-order valence-corrected chi connectivity index (χ4v) is 0.898. The third-order valence-electron chi connectivity index (χ3n) is 1.60. The van der Waals surface area contributed by atoms with Crippen molar-refractivity contribution in [2.24, 2.45) is 7.05 Å². The maximum absolute atomic E-state index is 11.1. The summed E-state index contributed by atoms with van der Waals surface area (Å²) in [6.45, 7) is 0.258. The molecule has 0 aliphatic rings. The standard InChI is InChI=1S/C7H13N5O/c1-9-4-6(13)11-5-3-10-12(2)7(5)8/h3,9H,4,8H2,1-2H3,(H,11,13). The Kier molecular flexibility index (Phi) is 2.86. The van der Waals surface area contributed by atoms with Gasteiger partial charge in [-0.15, -0.1) is 0 Å². The molecule has 4 N–H and O–H groups in total. The van der Waals surface area contributed by atoms with E-state index in [1.165, 1.54) is 10.9 Å². The number of nitrogens with two attached hydrogens (primary N) is 1. The molecule has 1 aromatic heterocycles. The molecule has 6 nitrogen and oxygen atoms in total. The summed E-state index contributed by atoms with van der Waals surface area (Å²) in [5.41, 5.74) is 6.16. The Hall–Kier alpha value is -1.56. The van der Waals surface area contributed by atoms with E-state index in [1.54, 1.807) is 14.1 Å². The van der Waals surface area contributed by atoms with Crippen LogP contribution in [0.1, 0.15) is 0 Å². The second-order valence-corrected chi connectivity index (χ2v) is 2.65. The summed E-state index contributed by atoms with van der Waals surface area (Å²) in [6.07, 6.45) is 1.52. The van der Waals surface area contributed by atoms with E-state index in [4.69, 9.17) is 5.73 Å². The van der Waals surface area contributed by atoms with Gasteiger partial charge in [-0.1, -0.05) is 0 Å². The van der Waals surface area contributed by atoms with Gasteiger partial charge in [0.2, 0.25) is 5.91 Å². The molecule has 6 heteroatoms. The summed E-state index contributed by atoms with van der Waals surface area (Å²) in [7, 11) is 3.41. The van der Waals surface area contributed by atoms with Gasteiger partial charge in [0, 0.05) is 7.05 Å². The monoisotopic (exact) mass is 183 g/mol. The number of aryl methyl sites for hydroxylation is 1. The van der Waals surface area contributed by atoms with Gasteiger partial charge in [0.15, 0.2) is 0 Å². The Morgan fingerprint density at radius 1 is 1.77 bits per heavy atom. The Morgan fingerprint density at radius 3 is 2.92 bits per heavy atom. The van der Waals surface area contributed by atoms with Crippen LogP contribution in [0, 0.1) is 0 Å². The van der Waals surface area contributed by atoms with Gasteiger partial charge in [0.05, 0.1) is 12.7 Å². The van der Waals surface area contributed by atoms with E-state index < -0.39 is 0 Å². The maximum atomic E-state index is 11.1. The molecule has 0 bridgehead atoms. The van der Waals surface area contributed by atoms with Crippen LogP contribution in [0.5, 0.6) is 0 Å². The van der Waals surface area contributed by atoms with Gasteiger partial charge < -0.3 is 16.4 Å². The Morgan fingerprint density at radius 2 is 2.46 bits per heavy atom. The summed E-state index contributed by atoms with van der Waals surface area (Å²) in [6, 6.07) is 0. The van der Waals surface area contributed by atoms with Gasteiger partial charge in [-0.2, -0.15) is 5.10 Å². The van der Waals surface area contributed by atoms with Crippen LogP contribution in [-0.2, 0) is 11.8 Å². The molecule has 0 saturated heterocycles. The van der Waals surface area contributed by atoms with Crippen LogP contribution in [0.2, 0.25) is 0 Å². The van der Waals surface area contributed by atoms with E-state index in [0.717, 1.165) is 0 Å². The lowest BCUT2D eigenvalue weighted by molar-refractivity contribution is -0.115. The first kappa shape index (κ1) is 9.53. The molecule has 0 spiro atoms. The van der Waals surface area contributed by atoms with Crippen molar-refractivity contribution >= 4 is 17.4 Å². The minimum Gasteiger partial charge on any atom is -0.382 e. The Labute approximate surface area is 76.1 Å². The molecule has 72 valence electrons. The van der Waals surface area contributed by atoms with Crippen molar-refractivity contribution in [2.75, 3.05) is 24.6 Å². The summed E-state index contributed by atoms with van der Waals surface area (Å²) < 4.78 is 1.50. The normalized spacial score (nSPS) is 10.0. The third kappa shape index (κ3) is 2.19. The molecule has 13 heavy (non-hydrogen) atoms. The first-order chi connectivity index (χ1) is 6.15. The summed E-state index contributed by atoms with van der Waals surface area (Å²) in [5.74, 6) is 0.312. The zero-order chi connectivity index (χ0) is 9.84. The van der Waals surface area contributed by atoms with Gasteiger partial charge in [0.25, 0.3) is 0 Å². The topological polar surface area (TPSA) is 85.0 Å². The van der Waals surface area contributed by atoms with Crippen LogP contribution in [0.25, 0.3) is 0 Å². The Balaban J connectivity index is 2.64. The zero-order valence-corrected chi connectivity index (χ0v) is 7.66. The number of hydrogen-bond donors (Lipinski definition) is 3. The van der Waals surface area contributed by atoms with Crippen LogP contribution >= 0.6 is 0 Å². The number of hydrogen-bond acceptors (Lipinski definition) is 4. The van der Waals surface area contributed by atoms with E-state index in [1.807, 2.05) is 0 Å². The number of nitrogens with zero attached hydrogens (tertiary/aromatic N) is 2. The molecular formula is C7H13N5O. The van der Waals surface area contributed by atoms with Crippen molar-refractivity contribution in [1.29, 1.82) is 0 Å². The largest absolute Gasteiger partial charge is 0.382 e. The number of rotatable bonds is 3. The van der Waals surface area contributed by atoms with Crippen LogP contribution in [0.3, 0.4) is 0 Å². The SMILES string of the molecule is CNCC(=O)Nc1cnn(C)c1N. The predicted molar refractivity (Wildman–Crippen MR) is 50.2 cm³/mol. The summed E-state index contributed by atoms with van der Waals surface area (Å²) >= 11 is 0. The molecule has 0 aromatic carbocycles. The summed E-state index contributed by atoms with van der Waals surface area (Å²) in [4.78, 5) is 11.1. The average Bonchev–Trinajstić information content (AvgIpc) is 2.37. The Bertz CT molecular complexity index is 306. The fourth-order valence-electron chi connectivity index (χ4n) is 0.898. The van der Waals surface area contributed by atoms with E-state index >= 15 is 0 Å². The molecule has 0 atom stereocenters. The minimum absolute atomic E-state index is 0.137. The molecule has 1 aromatic rings. The first-order valence-corrected chi connectivity index (χ1v) is 3.87. The molecule has 0 radical (unpaired) electrons. The molecular weight excluding hydrogens is 170 g/mol. The number of carbonyl (C=O) groups is 1. The molecule has 1 rings (SSSR count). The molecule has 0 fully saturated rings. The number of nitrogens with one attached hydrogen (secondary N) is 2. The number of nitrogen functional groups attached to an aromatic ring is 1. The van der Waals surface area contributed by atoms with Crippen molar-refractivity contribution in [3.63, 3.8) is 0 Å². The van der Waals surface area contributed by atoms with Gasteiger partial charge in [-0.05, 0) is 7.05 Å². The number of anilines is 2. The second kappa shape index (κ2) is 3.90. The van der Waals surface area contributed by atoms with Gasteiger partial charge in [0.1, 0.15) is 11.5 Å². The van der Waals surface area contributed by atoms with Crippen LogP contribution < -0.4 is 16.4 Å². The molecule has 0 saturated carbocycles. The number of likely N-dealkylation sites (N-methyl/N-ethyl adjacent to an activating group) is 1. The second-order valence-electron chi connectivity index (χ2n) is 2.65. The van der Waals surface area contributed by atoms with E-state index in [0.29, 0.717) is 11.5 Å². The lowest BCUT2D eigenvalue weighted by Gasteiger charge is -2.02. The van der Waals surface area contributed by atoms with Crippen LogP contribution in [0.15, 0.2) is 6.20 Å². The quantitative estimate of drug-likeness (QED) is 0.570. The highest BCUT2D eigenvalue weighted by molar-refractivity contribution is 5.94. The van der Waals surface area contributed by atoms with Crippen molar-refractivity contribution < 1.29 is 4.79 Å². The highest BCUT2D eigenvalue weighted by Crippen LogP contribution is 2.14. The average molecular weight is 183 g/mol. The number of carbonyl (C=O) groups excluding carboxylic acids is 1. The third-order valence-corrected chi connectivity index (χ3v) is 1.60. The van der Waals surface area contributed by atoms with Gasteiger partial charge in [-0.25, -0.2) is 0 Å². The lowest BCUT2D eigenvalue weighted by Crippen LogP contribution is -2.25. The summed E-state index contributed by atoms with van der Waals surface area (Å²) in [5, 5.41) is 9.24. The highest BCUT2D eigenvalue weighted by Gasteiger charge is 2.07. The molecule has 0 unspecified atom stereocenters. The molecule has 0 aliphatic heterocycles. The fraction of sp³-hybridized carbons (Fsp3) is 0.429. The van der Waals surface area contributed by atoms with Crippen molar-refractivity contribution in [1.82, 2.24) is 15.1 Å². The first-order valence-electron chi connectivity index (χ1n) is 3.87. The van der Waals surface area contributed by atoms with E-state index in [2.05, 4.69) is 15.7 Å². The minimum atomic E-state index is -0.137. The predicted octanol–water partition coefficient (Wildman–Crippen LogP) is -0.840. The van der Waals surface area contributed by atoms with Gasteiger partial charge in [-0.3, -0.25) is 9.48 Å². The number of aromatic nitrogens is 2. The molecule has 1 amide bonds. The van der Waals surface area contributed by atoms with Crippen molar-refractivity contribution in [2.45, 2.75) is 0 Å². The lowest BCUT2D eigenvalue weighted by atomic mass is 10.4. The van der Waals surface area contributed by atoms with Crippen molar-refractivity contribution in [3.8, 4) is 0 Å². The van der Waals surface area contributed by atoms with Gasteiger partial charge >= 0.3 is 0 Å². The van der Waals surface area contributed by atoms with Crippen molar-refractivity contribution in [3.05, 3.63) is 6.20 Å². The number of amides is 1. The maximum Gasteiger partial charge on any atom is 0.238 e. The van der Waals surface area contributed by atoms with E-state index in [-0.39, 0.29) is 12.5 Å². The molecule has 1 heterocycles. The van der Waals surface area contributed by atoms with E-state index in [9.17, 15) is 4.79 Å². The zero-order valence-electron chi connectivity index (χ0n) is 7.66.